The van der Waals surface area contributed by atoms with Crippen molar-refractivity contribution in [3.63, 3.8) is 0 Å². The summed E-state index contributed by atoms with van der Waals surface area (Å²) >= 11 is 9.20. The molecule has 0 spiro atoms. The Bertz CT molecular complexity index is 461. The first-order valence-corrected chi connectivity index (χ1v) is 5.77. The highest BCUT2D eigenvalue weighted by Gasteiger charge is 1.97. The molecule has 0 aliphatic carbocycles. The Kier molecular flexibility index (Phi) is 7.73. The number of nitrogens with zero attached hydrogens (tertiary/aromatic N) is 1. The Morgan fingerprint density at radius 3 is 2.67 bits per heavy atom. The highest BCUT2D eigenvalue weighted by molar-refractivity contribution is 9.10. The van der Waals surface area contributed by atoms with Gasteiger partial charge in [0.1, 0.15) is 0 Å². The summed E-state index contributed by atoms with van der Waals surface area (Å²) in [5.74, 6) is -1.05. The number of hydrazone groups is 1. The van der Waals surface area contributed by atoms with Crippen LogP contribution < -0.4 is 11.2 Å². The molecule has 0 unspecified atom stereocenters. The first kappa shape index (κ1) is 16.4. The maximum atomic E-state index is 9.00. The van der Waals surface area contributed by atoms with Gasteiger partial charge in [-0.2, -0.15) is 5.10 Å². The highest BCUT2D eigenvalue weighted by atomic mass is 79.9. The third-order valence-corrected chi connectivity index (χ3v) is 2.17. The van der Waals surface area contributed by atoms with E-state index in [9.17, 15) is 0 Å². The molecule has 98 valence electrons. The summed E-state index contributed by atoms with van der Waals surface area (Å²) in [5.41, 5.74) is 8.09. The van der Waals surface area contributed by atoms with E-state index in [4.69, 9.17) is 32.6 Å². The van der Waals surface area contributed by atoms with Crippen molar-refractivity contribution in [3.8, 4) is 0 Å². The van der Waals surface area contributed by atoms with Crippen molar-refractivity contribution in [2.24, 2.45) is 10.8 Å². The Hall–Kier alpha value is -1.60. The molecule has 1 rings (SSSR count). The fourth-order valence-corrected chi connectivity index (χ4v) is 1.50. The van der Waals surface area contributed by atoms with Crippen LogP contribution in [0.4, 0.5) is 0 Å². The Morgan fingerprint density at radius 2 is 2.22 bits per heavy atom. The zero-order valence-corrected chi connectivity index (χ0v) is 11.8. The van der Waals surface area contributed by atoms with Crippen LogP contribution in [0.1, 0.15) is 12.5 Å². The maximum absolute atomic E-state index is 9.00. The second kappa shape index (κ2) is 8.48. The molecule has 0 aliphatic heterocycles. The van der Waals surface area contributed by atoms with E-state index in [2.05, 4.69) is 26.5 Å². The fourth-order valence-electron chi connectivity index (χ4n) is 0.778. The smallest absolute Gasteiger partial charge is 0.300 e. The number of benzene rings is 1. The molecule has 0 saturated carbocycles. The summed E-state index contributed by atoms with van der Waals surface area (Å²) in [6.07, 6.45) is 1.50. The number of nitrogens with two attached hydrogens (primary N) is 1. The average Bonchev–Trinajstić information content (AvgIpc) is 2.20. The molecule has 0 aliphatic rings. The molecule has 0 amide bonds. The van der Waals surface area contributed by atoms with Gasteiger partial charge in [0.15, 0.2) is 0 Å². The third-order valence-electron chi connectivity index (χ3n) is 1.35. The molecule has 1 aromatic rings. The zero-order valence-electron chi connectivity index (χ0n) is 9.45. The molecule has 0 atom stereocenters. The fraction of sp³-hybridized carbons (Fsp3) is 0.100. The van der Waals surface area contributed by atoms with Gasteiger partial charge < -0.3 is 10.8 Å². The summed E-state index contributed by atoms with van der Waals surface area (Å²) in [4.78, 5) is 9.00. The second-order valence-corrected chi connectivity index (χ2v) is 4.29. The number of carboxylic acid groups (broad SMARTS) is 1. The molecule has 5 N–H and O–H groups in total. The number of carbonyl (C=O) groups is 1. The van der Waals surface area contributed by atoms with Gasteiger partial charge >= 0.3 is 0 Å². The number of hydrogen-bond donors (Lipinski definition) is 4. The standard InChI is InChI=1S/C8H8BrClN4.C2H4O2/c9-6-2-1-5(7(10)3-6)4-13-14-8(11)12;1-2(3)4/h1-4H,(H4,11,12,14);1H3,(H,3,4)/b13-4+;. The summed E-state index contributed by atoms with van der Waals surface area (Å²) in [6.45, 7) is 1.08. The van der Waals surface area contributed by atoms with Gasteiger partial charge in [-0.3, -0.25) is 10.2 Å². The predicted molar refractivity (Wildman–Crippen MR) is 75.1 cm³/mol. The van der Waals surface area contributed by atoms with E-state index in [0.29, 0.717) is 5.02 Å². The van der Waals surface area contributed by atoms with Crippen LogP contribution >= 0.6 is 27.5 Å². The molecule has 6 nitrogen and oxygen atoms in total. The van der Waals surface area contributed by atoms with E-state index in [-0.39, 0.29) is 5.96 Å². The van der Waals surface area contributed by atoms with Crippen molar-refractivity contribution in [3.05, 3.63) is 33.3 Å². The molecular formula is C10H12BrClN4O2. The van der Waals surface area contributed by atoms with E-state index in [0.717, 1.165) is 17.0 Å². The van der Waals surface area contributed by atoms with Gasteiger partial charge in [-0.1, -0.05) is 33.6 Å². The van der Waals surface area contributed by atoms with E-state index in [1.54, 1.807) is 12.1 Å². The van der Waals surface area contributed by atoms with Crippen LogP contribution in [0, 0.1) is 5.41 Å². The first-order chi connectivity index (χ1) is 8.32. The second-order valence-electron chi connectivity index (χ2n) is 2.97. The summed E-state index contributed by atoms with van der Waals surface area (Å²) < 4.78 is 0.902. The minimum Gasteiger partial charge on any atom is -0.481 e. The lowest BCUT2D eigenvalue weighted by Gasteiger charge is -1.98. The molecule has 0 heterocycles. The first-order valence-electron chi connectivity index (χ1n) is 4.60. The number of halogens is 2. The maximum Gasteiger partial charge on any atom is 0.300 e. The monoisotopic (exact) mass is 334 g/mol. The zero-order chi connectivity index (χ0) is 14.1. The van der Waals surface area contributed by atoms with Gasteiger partial charge in [0, 0.05) is 17.0 Å². The highest BCUT2D eigenvalue weighted by Crippen LogP contribution is 2.19. The summed E-state index contributed by atoms with van der Waals surface area (Å²) in [6, 6.07) is 5.41. The largest absolute Gasteiger partial charge is 0.481 e. The molecule has 0 aromatic heterocycles. The van der Waals surface area contributed by atoms with E-state index in [1.165, 1.54) is 6.21 Å². The molecule has 0 saturated heterocycles. The molecular weight excluding hydrogens is 323 g/mol. The lowest BCUT2D eigenvalue weighted by molar-refractivity contribution is -0.134. The van der Waals surface area contributed by atoms with Crippen molar-refractivity contribution in [1.82, 2.24) is 5.43 Å². The summed E-state index contributed by atoms with van der Waals surface area (Å²) in [5, 5.41) is 18.6. The van der Waals surface area contributed by atoms with Gasteiger partial charge in [0.2, 0.25) is 5.96 Å². The van der Waals surface area contributed by atoms with Crippen molar-refractivity contribution in [2.75, 3.05) is 0 Å². The van der Waals surface area contributed by atoms with Crippen molar-refractivity contribution in [1.29, 1.82) is 5.41 Å². The average molecular weight is 336 g/mol. The number of aliphatic carboxylic acids is 1. The Labute approximate surface area is 117 Å². The summed E-state index contributed by atoms with van der Waals surface area (Å²) in [7, 11) is 0. The van der Waals surface area contributed by atoms with Crippen molar-refractivity contribution < 1.29 is 9.90 Å². The normalized spacial score (nSPS) is 9.50. The van der Waals surface area contributed by atoms with Crippen LogP contribution in [0.2, 0.25) is 5.02 Å². The molecule has 1 aromatic carbocycles. The van der Waals surface area contributed by atoms with E-state index >= 15 is 0 Å². The molecule has 8 heteroatoms. The Balaban J connectivity index is 0.000000631. The third kappa shape index (κ3) is 8.54. The van der Waals surface area contributed by atoms with Crippen LogP contribution in [0.15, 0.2) is 27.8 Å². The van der Waals surface area contributed by atoms with Gasteiger partial charge in [0.25, 0.3) is 5.97 Å². The van der Waals surface area contributed by atoms with Crippen molar-refractivity contribution in [2.45, 2.75) is 6.92 Å². The van der Waals surface area contributed by atoms with E-state index < -0.39 is 5.97 Å². The molecule has 0 fully saturated rings. The molecule has 0 bridgehead atoms. The quantitative estimate of drug-likeness (QED) is 0.376. The van der Waals surface area contributed by atoms with Gasteiger partial charge in [0.05, 0.1) is 11.2 Å². The predicted octanol–water partition coefficient (Wildman–Crippen LogP) is 2.01. The van der Waals surface area contributed by atoms with Crippen LogP contribution in [-0.2, 0) is 4.79 Å². The van der Waals surface area contributed by atoms with E-state index in [1.807, 2.05) is 6.07 Å². The number of nitrogens with one attached hydrogen (secondary N) is 2. The van der Waals surface area contributed by atoms with Gasteiger partial charge in [-0.25, -0.2) is 5.43 Å². The number of rotatable bonds is 2. The lowest BCUT2D eigenvalue weighted by atomic mass is 10.2. The Morgan fingerprint density at radius 1 is 1.67 bits per heavy atom. The number of carboxylic acids is 1. The van der Waals surface area contributed by atoms with Gasteiger partial charge in [-0.05, 0) is 12.1 Å². The molecule has 0 radical (unpaired) electrons. The SMILES string of the molecule is CC(=O)O.N=C(N)N/N=C/c1ccc(Br)cc1Cl. The van der Waals surface area contributed by atoms with Crippen LogP contribution in [0.3, 0.4) is 0 Å². The minimum absolute atomic E-state index is 0.213. The number of guanidine groups is 1. The minimum atomic E-state index is -0.833. The van der Waals surface area contributed by atoms with Crippen LogP contribution in [0.5, 0.6) is 0 Å². The topological polar surface area (TPSA) is 112 Å². The van der Waals surface area contributed by atoms with Crippen molar-refractivity contribution >= 4 is 45.7 Å². The number of hydrogen-bond acceptors (Lipinski definition) is 3. The van der Waals surface area contributed by atoms with Crippen LogP contribution in [0.25, 0.3) is 0 Å². The van der Waals surface area contributed by atoms with Gasteiger partial charge in [-0.15, -0.1) is 0 Å². The lowest BCUT2D eigenvalue weighted by Crippen LogP contribution is -2.25. The van der Waals surface area contributed by atoms with Crippen LogP contribution in [-0.4, -0.2) is 23.2 Å². The molecule has 18 heavy (non-hydrogen) atoms.